The molecular formula is C28H49NO2. The second-order valence-electron chi connectivity index (χ2n) is 11.9. The number of rotatable bonds is 3. The van der Waals surface area contributed by atoms with Crippen molar-refractivity contribution in [3.05, 3.63) is 0 Å². The summed E-state index contributed by atoms with van der Waals surface area (Å²) < 4.78 is 5.68. The quantitative estimate of drug-likeness (QED) is 0.532. The second-order valence-corrected chi connectivity index (χ2v) is 11.9. The smallest absolute Gasteiger partial charge is 0.150 e. The van der Waals surface area contributed by atoms with Gasteiger partial charge < -0.3 is 4.74 Å². The Hall–Kier alpha value is -0.410. The average molecular weight is 432 g/mol. The molecule has 0 aromatic rings. The first kappa shape index (κ1) is 23.7. The number of hydrogen-bond donors (Lipinski definition) is 0. The Bertz CT molecular complexity index is 620. The molecule has 4 saturated carbocycles. The maximum atomic E-state index is 13.4. The molecule has 1 heterocycles. The van der Waals surface area contributed by atoms with Crippen molar-refractivity contribution in [2.24, 2.45) is 46.8 Å². The molecule has 0 bridgehead atoms. The van der Waals surface area contributed by atoms with E-state index in [-0.39, 0.29) is 11.5 Å². The Balaban J connectivity index is 0.00000112. The Morgan fingerprint density at radius 3 is 2.52 bits per heavy atom. The van der Waals surface area contributed by atoms with Crippen LogP contribution in [0.4, 0.5) is 0 Å². The van der Waals surface area contributed by atoms with E-state index in [9.17, 15) is 4.79 Å². The summed E-state index contributed by atoms with van der Waals surface area (Å²) in [5.74, 6) is 6.57. The first-order valence-electron chi connectivity index (χ1n) is 13.8. The number of Topliss-reactive ketones (excluding diaryl/α,β-unsaturated/α-hetero) is 1. The molecule has 0 spiro atoms. The zero-order valence-electron chi connectivity index (χ0n) is 21.1. The fraction of sp³-hybridized carbons (Fsp3) is 0.964. The summed E-state index contributed by atoms with van der Waals surface area (Å²) in [6, 6.07) is 0. The highest BCUT2D eigenvalue weighted by Crippen LogP contribution is 2.64. The predicted molar refractivity (Wildman–Crippen MR) is 128 cm³/mol. The molecule has 0 radical (unpaired) electrons. The number of ketones is 1. The number of morpholine rings is 1. The van der Waals surface area contributed by atoms with Crippen molar-refractivity contribution < 1.29 is 9.53 Å². The van der Waals surface area contributed by atoms with Crippen LogP contribution in [-0.4, -0.2) is 43.0 Å². The lowest BCUT2D eigenvalue weighted by Gasteiger charge is -2.56. The number of hydrogen-bond acceptors (Lipinski definition) is 3. The minimum absolute atomic E-state index is 0.271. The summed E-state index contributed by atoms with van der Waals surface area (Å²) in [4.78, 5) is 15.8. The van der Waals surface area contributed by atoms with Gasteiger partial charge in [0.2, 0.25) is 0 Å². The van der Waals surface area contributed by atoms with E-state index >= 15 is 0 Å². The van der Waals surface area contributed by atoms with Crippen molar-refractivity contribution in [1.29, 1.82) is 0 Å². The number of carbonyl (C=O) groups is 1. The summed E-state index contributed by atoms with van der Waals surface area (Å²) in [5, 5.41) is 0. The monoisotopic (exact) mass is 431 g/mol. The molecular weight excluding hydrogens is 382 g/mol. The van der Waals surface area contributed by atoms with Gasteiger partial charge in [0.05, 0.1) is 19.3 Å². The molecule has 9 atom stereocenters. The molecule has 0 amide bonds. The first-order valence-corrected chi connectivity index (χ1v) is 13.8. The van der Waals surface area contributed by atoms with E-state index in [1.807, 2.05) is 13.8 Å². The van der Waals surface area contributed by atoms with Crippen molar-refractivity contribution in [2.45, 2.75) is 98.5 Å². The molecule has 178 valence electrons. The van der Waals surface area contributed by atoms with Gasteiger partial charge in [-0.1, -0.05) is 34.1 Å². The number of ether oxygens (including phenoxy) is 1. The van der Waals surface area contributed by atoms with Gasteiger partial charge in [-0.05, 0) is 99.2 Å². The predicted octanol–water partition coefficient (Wildman–Crippen LogP) is 6.21. The van der Waals surface area contributed by atoms with E-state index in [0.29, 0.717) is 18.2 Å². The molecule has 9 unspecified atom stereocenters. The third-order valence-electron chi connectivity index (χ3n) is 10.3. The summed E-state index contributed by atoms with van der Waals surface area (Å²) in [6.07, 6.45) is 12.9. The van der Waals surface area contributed by atoms with Crippen LogP contribution in [0.1, 0.15) is 92.4 Å². The van der Waals surface area contributed by atoms with Crippen molar-refractivity contribution >= 4 is 5.78 Å². The van der Waals surface area contributed by atoms with Gasteiger partial charge in [0, 0.05) is 19.0 Å². The molecule has 0 aromatic carbocycles. The Labute approximate surface area is 192 Å². The molecule has 4 aliphatic carbocycles. The van der Waals surface area contributed by atoms with Gasteiger partial charge in [-0.2, -0.15) is 0 Å². The third kappa shape index (κ3) is 4.52. The summed E-state index contributed by atoms with van der Waals surface area (Å²) >= 11 is 0. The van der Waals surface area contributed by atoms with Crippen LogP contribution >= 0.6 is 0 Å². The Kier molecular flexibility index (Phi) is 7.53. The summed E-state index contributed by atoms with van der Waals surface area (Å²) in [6.45, 7) is 14.4. The van der Waals surface area contributed by atoms with Crippen LogP contribution in [0, 0.1) is 46.8 Å². The molecule has 5 aliphatic rings. The molecule has 0 N–H and O–H groups in total. The molecule has 1 aliphatic heterocycles. The van der Waals surface area contributed by atoms with Gasteiger partial charge >= 0.3 is 0 Å². The molecule has 31 heavy (non-hydrogen) atoms. The molecule has 3 heteroatoms. The van der Waals surface area contributed by atoms with Gasteiger partial charge in [-0.15, -0.1) is 0 Å². The lowest BCUT2D eigenvalue weighted by molar-refractivity contribution is -0.133. The highest BCUT2D eigenvalue weighted by Gasteiger charge is 2.58. The minimum atomic E-state index is 0.271. The van der Waals surface area contributed by atoms with Crippen LogP contribution in [0.2, 0.25) is 0 Å². The lowest BCUT2D eigenvalue weighted by Crippen LogP contribution is -2.50. The van der Waals surface area contributed by atoms with E-state index < -0.39 is 0 Å². The van der Waals surface area contributed by atoms with Crippen LogP contribution in [0.5, 0.6) is 0 Å². The van der Waals surface area contributed by atoms with Gasteiger partial charge in [0.15, 0.2) is 0 Å². The van der Waals surface area contributed by atoms with E-state index in [4.69, 9.17) is 4.74 Å². The van der Waals surface area contributed by atoms with E-state index in [0.717, 1.165) is 61.6 Å². The van der Waals surface area contributed by atoms with Crippen molar-refractivity contribution in [3.63, 3.8) is 0 Å². The average Bonchev–Trinajstić information content (AvgIpc) is 3.12. The van der Waals surface area contributed by atoms with Gasteiger partial charge in [-0.3, -0.25) is 9.69 Å². The molecule has 5 rings (SSSR count). The van der Waals surface area contributed by atoms with Crippen LogP contribution in [0.15, 0.2) is 0 Å². The highest BCUT2D eigenvalue weighted by molar-refractivity contribution is 5.84. The Morgan fingerprint density at radius 1 is 0.968 bits per heavy atom. The van der Waals surface area contributed by atoms with E-state index in [2.05, 4.69) is 25.7 Å². The Morgan fingerprint density at radius 2 is 1.74 bits per heavy atom. The molecule has 1 saturated heterocycles. The van der Waals surface area contributed by atoms with Crippen molar-refractivity contribution in [2.75, 3.05) is 26.2 Å². The van der Waals surface area contributed by atoms with Crippen LogP contribution in [-0.2, 0) is 9.53 Å². The molecule has 5 fully saturated rings. The van der Waals surface area contributed by atoms with Gasteiger partial charge in [-0.25, -0.2) is 0 Å². The van der Waals surface area contributed by atoms with Crippen LogP contribution in [0.3, 0.4) is 0 Å². The third-order valence-corrected chi connectivity index (χ3v) is 10.3. The topological polar surface area (TPSA) is 29.5 Å². The molecule has 0 aromatic heterocycles. The standard InChI is InChI=1S/C26H43NO2.C2H6/c1-17-4-6-20-19(14-17)5-7-22-21(20)10-11-26(3)23(22)8-9-24(26)25(28)16-27-12-13-29-18(2)15-27;1-2/h17-24H,4-16H2,1-3H3;1-2H3. The highest BCUT2D eigenvalue weighted by atomic mass is 16.5. The van der Waals surface area contributed by atoms with Gasteiger partial charge in [0.1, 0.15) is 5.78 Å². The maximum absolute atomic E-state index is 13.4. The second kappa shape index (κ2) is 9.84. The summed E-state index contributed by atoms with van der Waals surface area (Å²) in [7, 11) is 0. The SMILES string of the molecule is CC.CC1CCC2C(CCC3C2CCC2(C)C(C(=O)CN4CCOC(C)C4)CCC32)C1. The zero-order chi connectivity index (χ0) is 22.2. The van der Waals surface area contributed by atoms with Crippen LogP contribution in [0.25, 0.3) is 0 Å². The maximum Gasteiger partial charge on any atom is 0.150 e. The fourth-order valence-corrected chi connectivity index (χ4v) is 8.98. The zero-order valence-corrected chi connectivity index (χ0v) is 21.1. The number of nitrogens with zero attached hydrogens (tertiary/aromatic N) is 1. The first-order chi connectivity index (χ1) is 15.0. The van der Waals surface area contributed by atoms with Crippen molar-refractivity contribution in [3.8, 4) is 0 Å². The number of fused-ring (bicyclic) bond motifs is 5. The molecule has 3 nitrogen and oxygen atoms in total. The van der Waals surface area contributed by atoms with Crippen molar-refractivity contribution in [1.82, 2.24) is 4.90 Å². The van der Waals surface area contributed by atoms with E-state index in [1.165, 1.54) is 51.4 Å². The minimum Gasteiger partial charge on any atom is -0.376 e. The normalized spacial score (nSPS) is 47.4. The largest absolute Gasteiger partial charge is 0.376 e. The van der Waals surface area contributed by atoms with E-state index in [1.54, 1.807) is 0 Å². The lowest BCUT2D eigenvalue weighted by atomic mass is 9.49. The van der Waals surface area contributed by atoms with Gasteiger partial charge in [0.25, 0.3) is 0 Å². The summed E-state index contributed by atoms with van der Waals surface area (Å²) in [5.41, 5.74) is 0.283. The number of carbonyl (C=O) groups excluding carboxylic acids is 1. The van der Waals surface area contributed by atoms with Crippen LogP contribution < -0.4 is 0 Å². The fourth-order valence-electron chi connectivity index (χ4n) is 8.98.